The summed E-state index contributed by atoms with van der Waals surface area (Å²) >= 11 is 6.04. The quantitative estimate of drug-likeness (QED) is 0.607. The summed E-state index contributed by atoms with van der Waals surface area (Å²) in [6, 6.07) is 20.8. The molecule has 6 heteroatoms. The van der Waals surface area contributed by atoms with E-state index in [-0.39, 0.29) is 11.6 Å². The molecule has 0 fully saturated rings. The third-order valence-corrected chi connectivity index (χ3v) is 4.14. The molecule has 1 heterocycles. The second-order valence-electron chi connectivity index (χ2n) is 5.75. The van der Waals surface area contributed by atoms with Crippen LogP contribution in [-0.2, 0) is 6.42 Å². The SMILES string of the molecule is O=C(Nc1ccccc1Cl)c1ccc(NCCCc2ccccc2)nn1. The average molecular weight is 367 g/mol. The molecular formula is C20H19ClN4O. The van der Waals surface area contributed by atoms with Crippen molar-refractivity contribution < 1.29 is 4.79 Å². The minimum absolute atomic E-state index is 0.236. The molecule has 0 bridgehead atoms. The van der Waals surface area contributed by atoms with E-state index >= 15 is 0 Å². The van der Waals surface area contributed by atoms with Crippen LogP contribution in [0.1, 0.15) is 22.5 Å². The lowest BCUT2D eigenvalue weighted by Crippen LogP contribution is -2.15. The first kappa shape index (κ1) is 17.9. The predicted octanol–water partition coefficient (Wildman–Crippen LogP) is 4.43. The molecule has 0 spiro atoms. The van der Waals surface area contributed by atoms with Crippen molar-refractivity contribution in [2.24, 2.45) is 0 Å². The van der Waals surface area contributed by atoms with Crippen LogP contribution in [0.5, 0.6) is 0 Å². The van der Waals surface area contributed by atoms with Gasteiger partial charge in [0.15, 0.2) is 5.69 Å². The molecule has 0 saturated carbocycles. The number of amides is 1. The number of aromatic nitrogens is 2. The van der Waals surface area contributed by atoms with Crippen LogP contribution in [0, 0.1) is 0 Å². The van der Waals surface area contributed by atoms with Crippen molar-refractivity contribution in [1.29, 1.82) is 0 Å². The Bertz CT molecular complexity index is 853. The Kier molecular flexibility index (Phi) is 6.17. The molecule has 2 N–H and O–H groups in total. The van der Waals surface area contributed by atoms with Crippen molar-refractivity contribution in [3.63, 3.8) is 0 Å². The number of nitrogens with one attached hydrogen (secondary N) is 2. The van der Waals surface area contributed by atoms with E-state index in [0.29, 0.717) is 16.5 Å². The molecule has 0 unspecified atom stereocenters. The van der Waals surface area contributed by atoms with E-state index < -0.39 is 0 Å². The highest BCUT2D eigenvalue weighted by Gasteiger charge is 2.10. The number of rotatable bonds is 7. The first-order chi connectivity index (χ1) is 12.7. The molecular weight excluding hydrogens is 348 g/mol. The molecule has 0 radical (unpaired) electrons. The number of para-hydroxylation sites is 1. The maximum atomic E-state index is 12.2. The number of benzene rings is 2. The lowest BCUT2D eigenvalue weighted by Gasteiger charge is -2.07. The summed E-state index contributed by atoms with van der Waals surface area (Å²) in [5.41, 5.74) is 2.09. The fraction of sp³-hybridized carbons (Fsp3) is 0.150. The first-order valence-corrected chi connectivity index (χ1v) is 8.77. The van der Waals surface area contributed by atoms with Gasteiger partial charge in [-0.05, 0) is 42.7 Å². The molecule has 26 heavy (non-hydrogen) atoms. The summed E-state index contributed by atoms with van der Waals surface area (Å²) in [6.07, 6.45) is 1.99. The van der Waals surface area contributed by atoms with Crippen LogP contribution < -0.4 is 10.6 Å². The number of halogens is 1. The van der Waals surface area contributed by atoms with Crippen molar-refractivity contribution in [2.75, 3.05) is 17.2 Å². The molecule has 0 aliphatic carbocycles. The second kappa shape index (κ2) is 8.97. The summed E-state index contributed by atoms with van der Waals surface area (Å²) in [4.78, 5) is 12.2. The van der Waals surface area contributed by atoms with E-state index in [1.165, 1.54) is 5.56 Å². The van der Waals surface area contributed by atoms with Gasteiger partial charge in [0, 0.05) is 6.54 Å². The Morgan fingerprint density at radius 3 is 2.42 bits per heavy atom. The zero-order chi connectivity index (χ0) is 18.2. The van der Waals surface area contributed by atoms with Gasteiger partial charge in [-0.3, -0.25) is 4.79 Å². The molecule has 1 aromatic heterocycles. The maximum Gasteiger partial charge on any atom is 0.276 e. The van der Waals surface area contributed by atoms with Crippen molar-refractivity contribution in [1.82, 2.24) is 10.2 Å². The van der Waals surface area contributed by atoms with Gasteiger partial charge in [0.2, 0.25) is 0 Å². The van der Waals surface area contributed by atoms with Crippen LogP contribution in [0.25, 0.3) is 0 Å². The fourth-order valence-electron chi connectivity index (χ4n) is 2.45. The normalized spacial score (nSPS) is 10.3. The predicted molar refractivity (Wildman–Crippen MR) is 105 cm³/mol. The molecule has 2 aromatic carbocycles. The Morgan fingerprint density at radius 1 is 0.923 bits per heavy atom. The first-order valence-electron chi connectivity index (χ1n) is 8.40. The zero-order valence-corrected chi connectivity index (χ0v) is 14.9. The van der Waals surface area contributed by atoms with Crippen LogP contribution >= 0.6 is 11.6 Å². The van der Waals surface area contributed by atoms with Gasteiger partial charge in [0.05, 0.1) is 10.7 Å². The minimum atomic E-state index is -0.346. The monoisotopic (exact) mass is 366 g/mol. The van der Waals surface area contributed by atoms with Crippen molar-refractivity contribution in [3.8, 4) is 0 Å². The average Bonchev–Trinajstić information content (AvgIpc) is 2.68. The molecule has 132 valence electrons. The van der Waals surface area contributed by atoms with Gasteiger partial charge >= 0.3 is 0 Å². The second-order valence-corrected chi connectivity index (χ2v) is 6.16. The fourth-order valence-corrected chi connectivity index (χ4v) is 2.63. The van der Waals surface area contributed by atoms with Crippen LogP contribution in [-0.4, -0.2) is 22.6 Å². The summed E-state index contributed by atoms with van der Waals surface area (Å²) in [6.45, 7) is 0.786. The number of aryl methyl sites for hydroxylation is 1. The number of hydrogen-bond acceptors (Lipinski definition) is 4. The molecule has 0 aliphatic heterocycles. The van der Waals surface area contributed by atoms with Crippen molar-refractivity contribution in [2.45, 2.75) is 12.8 Å². The van der Waals surface area contributed by atoms with Crippen LogP contribution in [0.3, 0.4) is 0 Å². The number of anilines is 2. The van der Waals surface area contributed by atoms with E-state index in [1.54, 1.807) is 36.4 Å². The molecule has 3 aromatic rings. The molecule has 0 atom stereocenters. The standard InChI is InChI=1S/C20H19ClN4O/c21-16-10-4-5-11-17(16)23-20(26)18-12-13-19(25-24-18)22-14-6-9-15-7-2-1-3-8-15/h1-5,7-8,10-13H,6,9,14H2,(H,22,25)(H,23,26). The lowest BCUT2D eigenvalue weighted by atomic mass is 10.1. The molecule has 0 saturated heterocycles. The third-order valence-electron chi connectivity index (χ3n) is 3.81. The van der Waals surface area contributed by atoms with E-state index in [4.69, 9.17) is 11.6 Å². The van der Waals surface area contributed by atoms with E-state index in [2.05, 4.69) is 33.0 Å². The van der Waals surface area contributed by atoms with Crippen LogP contribution in [0.15, 0.2) is 66.7 Å². The maximum absolute atomic E-state index is 12.2. The van der Waals surface area contributed by atoms with E-state index in [1.807, 2.05) is 18.2 Å². The lowest BCUT2D eigenvalue weighted by molar-refractivity contribution is 0.102. The van der Waals surface area contributed by atoms with E-state index in [0.717, 1.165) is 19.4 Å². The Balaban J connectivity index is 1.48. The van der Waals surface area contributed by atoms with Crippen LogP contribution in [0.4, 0.5) is 11.5 Å². The van der Waals surface area contributed by atoms with Crippen molar-refractivity contribution in [3.05, 3.63) is 83.0 Å². The van der Waals surface area contributed by atoms with Crippen LogP contribution in [0.2, 0.25) is 5.02 Å². The topological polar surface area (TPSA) is 66.9 Å². The highest BCUT2D eigenvalue weighted by atomic mass is 35.5. The summed E-state index contributed by atoms with van der Waals surface area (Å²) in [5, 5.41) is 14.4. The number of carbonyl (C=O) groups excluding carboxylic acids is 1. The van der Waals surface area contributed by atoms with Gasteiger partial charge in [-0.2, -0.15) is 0 Å². The van der Waals surface area contributed by atoms with Gasteiger partial charge in [-0.1, -0.05) is 54.1 Å². The number of carbonyl (C=O) groups is 1. The minimum Gasteiger partial charge on any atom is -0.369 e. The van der Waals surface area contributed by atoms with Gasteiger partial charge in [0.25, 0.3) is 5.91 Å². The molecule has 3 rings (SSSR count). The van der Waals surface area contributed by atoms with Gasteiger partial charge in [-0.25, -0.2) is 0 Å². The third kappa shape index (κ3) is 5.04. The Hall–Kier alpha value is -2.92. The summed E-state index contributed by atoms with van der Waals surface area (Å²) in [5.74, 6) is 0.300. The Labute approximate surface area is 157 Å². The number of hydrogen-bond donors (Lipinski definition) is 2. The van der Waals surface area contributed by atoms with Gasteiger partial charge < -0.3 is 10.6 Å². The van der Waals surface area contributed by atoms with Gasteiger partial charge in [-0.15, -0.1) is 10.2 Å². The smallest absolute Gasteiger partial charge is 0.276 e. The highest BCUT2D eigenvalue weighted by molar-refractivity contribution is 6.33. The largest absolute Gasteiger partial charge is 0.369 e. The van der Waals surface area contributed by atoms with Gasteiger partial charge in [0.1, 0.15) is 5.82 Å². The highest BCUT2D eigenvalue weighted by Crippen LogP contribution is 2.20. The Morgan fingerprint density at radius 2 is 1.69 bits per heavy atom. The van der Waals surface area contributed by atoms with E-state index in [9.17, 15) is 4.79 Å². The molecule has 0 aliphatic rings. The summed E-state index contributed by atoms with van der Waals surface area (Å²) in [7, 11) is 0. The molecule has 5 nitrogen and oxygen atoms in total. The zero-order valence-electron chi connectivity index (χ0n) is 14.2. The van der Waals surface area contributed by atoms with Crippen molar-refractivity contribution >= 4 is 29.0 Å². The number of nitrogens with zero attached hydrogens (tertiary/aromatic N) is 2. The summed E-state index contributed by atoms with van der Waals surface area (Å²) < 4.78 is 0. The molecule has 1 amide bonds.